The molecule has 170 valence electrons. The van der Waals surface area contributed by atoms with Gasteiger partial charge in [-0.2, -0.15) is 9.40 Å². The summed E-state index contributed by atoms with van der Waals surface area (Å²) in [7, 11) is -1.84. The van der Waals surface area contributed by atoms with Crippen LogP contribution in [0.4, 0.5) is 6.01 Å². The molecule has 1 atom stereocenters. The Morgan fingerprint density at radius 3 is 2.62 bits per heavy atom. The SMILES string of the molecule is CCC1CCCCN1S(=O)(=O)c1ccc(C(=O)Nc2nnc(-c3cc(C)nn3C)o2)cc1. The zero-order chi connectivity index (χ0) is 22.9. The summed E-state index contributed by atoms with van der Waals surface area (Å²) in [5, 5.41) is 14.6. The molecular weight excluding hydrogens is 432 g/mol. The van der Waals surface area contributed by atoms with E-state index in [1.165, 1.54) is 24.3 Å². The summed E-state index contributed by atoms with van der Waals surface area (Å²) >= 11 is 0. The third-order valence-electron chi connectivity index (χ3n) is 5.63. The van der Waals surface area contributed by atoms with Crippen LogP contribution in [-0.4, -0.2) is 51.2 Å². The van der Waals surface area contributed by atoms with Crippen molar-refractivity contribution in [3.05, 3.63) is 41.6 Å². The van der Waals surface area contributed by atoms with E-state index in [0.29, 0.717) is 12.2 Å². The van der Waals surface area contributed by atoms with E-state index in [2.05, 4.69) is 20.6 Å². The normalized spacial score (nSPS) is 17.4. The van der Waals surface area contributed by atoms with E-state index in [0.717, 1.165) is 31.4 Å². The van der Waals surface area contributed by atoms with Gasteiger partial charge >= 0.3 is 6.01 Å². The standard InChI is InChI=1S/C21H26N6O4S/c1-4-16-7-5-6-12-27(16)32(29,30)17-10-8-15(9-11-17)19(28)22-21-24-23-20(31-21)18-13-14(2)25-26(18)3/h8-11,13,16H,4-7,12H2,1-3H3,(H,22,24,28). The number of hydrogen-bond donors (Lipinski definition) is 1. The molecule has 10 nitrogen and oxygen atoms in total. The van der Waals surface area contributed by atoms with Gasteiger partial charge in [-0.25, -0.2) is 8.42 Å². The molecule has 4 rings (SSSR count). The van der Waals surface area contributed by atoms with Crippen molar-refractivity contribution in [3.63, 3.8) is 0 Å². The molecule has 11 heteroatoms. The minimum absolute atomic E-state index is 0.0201. The fourth-order valence-electron chi connectivity index (χ4n) is 3.97. The summed E-state index contributed by atoms with van der Waals surface area (Å²) in [6.07, 6.45) is 3.56. The van der Waals surface area contributed by atoms with E-state index in [-0.39, 0.29) is 28.4 Å². The van der Waals surface area contributed by atoms with Crippen LogP contribution in [0.3, 0.4) is 0 Å². The minimum atomic E-state index is -3.60. The Hall–Kier alpha value is -3.05. The first-order valence-corrected chi connectivity index (χ1v) is 12.0. The minimum Gasteiger partial charge on any atom is -0.401 e. The number of sulfonamides is 1. The maximum absolute atomic E-state index is 13.1. The molecule has 1 amide bonds. The van der Waals surface area contributed by atoms with Crippen LogP contribution in [-0.2, 0) is 17.1 Å². The first-order valence-electron chi connectivity index (χ1n) is 10.6. The van der Waals surface area contributed by atoms with Crippen molar-refractivity contribution in [2.45, 2.75) is 50.5 Å². The molecule has 0 saturated carbocycles. The van der Waals surface area contributed by atoms with E-state index in [9.17, 15) is 13.2 Å². The average Bonchev–Trinajstić information content (AvgIpc) is 3.38. The Bertz CT molecular complexity index is 1220. The second-order valence-corrected chi connectivity index (χ2v) is 9.75. The smallest absolute Gasteiger partial charge is 0.322 e. The van der Waals surface area contributed by atoms with Crippen LogP contribution in [0.25, 0.3) is 11.6 Å². The molecular formula is C21H26N6O4S. The number of hydrogen-bond acceptors (Lipinski definition) is 7. The summed E-state index contributed by atoms with van der Waals surface area (Å²) in [4.78, 5) is 12.8. The van der Waals surface area contributed by atoms with Gasteiger partial charge < -0.3 is 4.42 Å². The molecule has 3 aromatic rings. The number of nitrogens with zero attached hydrogens (tertiary/aromatic N) is 5. The monoisotopic (exact) mass is 458 g/mol. The van der Waals surface area contributed by atoms with E-state index in [1.807, 2.05) is 13.8 Å². The van der Waals surface area contributed by atoms with Gasteiger partial charge in [0, 0.05) is 25.2 Å². The predicted octanol–water partition coefficient (Wildman–Crippen LogP) is 2.98. The lowest BCUT2D eigenvalue weighted by molar-refractivity contribution is 0.102. The van der Waals surface area contributed by atoms with Crippen molar-refractivity contribution >= 4 is 21.9 Å². The number of rotatable bonds is 6. The lowest BCUT2D eigenvalue weighted by Crippen LogP contribution is -2.43. The van der Waals surface area contributed by atoms with Crippen LogP contribution >= 0.6 is 0 Å². The largest absolute Gasteiger partial charge is 0.401 e. The third kappa shape index (κ3) is 4.30. The molecule has 1 N–H and O–H groups in total. The number of aromatic nitrogens is 4. The predicted molar refractivity (Wildman–Crippen MR) is 117 cm³/mol. The molecule has 0 aliphatic carbocycles. The number of piperidine rings is 1. The Balaban J connectivity index is 1.47. The van der Waals surface area contributed by atoms with Gasteiger partial charge in [-0.3, -0.25) is 14.8 Å². The summed E-state index contributed by atoms with van der Waals surface area (Å²) in [5.74, 6) is -0.244. The number of nitrogens with one attached hydrogen (secondary N) is 1. The highest BCUT2D eigenvalue weighted by Crippen LogP contribution is 2.27. The quantitative estimate of drug-likeness (QED) is 0.602. The number of benzene rings is 1. The maximum atomic E-state index is 13.1. The van der Waals surface area contributed by atoms with Gasteiger partial charge in [0.05, 0.1) is 10.6 Å². The summed E-state index contributed by atoms with van der Waals surface area (Å²) < 4.78 is 34.9. The lowest BCUT2D eigenvalue weighted by Gasteiger charge is -2.34. The molecule has 2 aromatic heterocycles. The Morgan fingerprint density at radius 1 is 1.22 bits per heavy atom. The second-order valence-electron chi connectivity index (χ2n) is 7.86. The fraction of sp³-hybridized carbons (Fsp3) is 0.429. The lowest BCUT2D eigenvalue weighted by atomic mass is 10.0. The molecule has 1 aliphatic heterocycles. The van der Waals surface area contributed by atoms with Crippen LogP contribution in [0.15, 0.2) is 39.6 Å². The van der Waals surface area contributed by atoms with Crippen molar-refractivity contribution < 1.29 is 17.6 Å². The van der Waals surface area contributed by atoms with Gasteiger partial charge in [-0.1, -0.05) is 18.4 Å². The number of carbonyl (C=O) groups is 1. The summed E-state index contributed by atoms with van der Waals surface area (Å²) in [6.45, 7) is 4.38. The van der Waals surface area contributed by atoms with Crippen molar-refractivity contribution in [2.75, 3.05) is 11.9 Å². The van der Waals surface area contributed by atoms with Gasteiger partial charge in [0.2, 0.25) is 10.0 Å². The van der Waals surface area contributed by atoms with Crippen molar-refractivity contribution in [3.8, 4) is 11.6 Å². The fourth-order valence-corrected chi connectivity index (χ4v) is 5.74. The number of amides is 1. The molecule has 1 fully saturated rings. The van der Waals surface area contributed by atoms with Gasteiger partial charge in [0.25, 0.3) is 11.8 Å². The van der Waals surface area contributed by atoms with E-state index >= 15 is 0 Å². The maximum Gasteiger partial charge on any atom is 0.322 e. The topological polar surface area (TPSA) is 123 Å². The second kappa shape index (κ2) is 8.83. The molecule has 1 aliphatic rings. The highest BCUT2D eigenvalue weighted by atomic mass is 32.2. The zero-order valence-electron chi connectivity index (χ0n) is 18.3. The van der Waals surface area contributed by atoms with Crippen LogP contribution < -0.4 is 5.32 Å². The first kappa shape index (κ1) is 22.2. The molecule has 1 unspecified atom stereocenters. The highest BCUT2D eigenvalue weighted by molar-refractivity contribution is 7.89. The third-order valence-corrected chi connectivity index (χ3v) is 7.60. The van der Waals surface area contributed by atoms with Crippen LogP contribution in [0.5, 0.6) is 0 Å². The molecule has 1 saturated heterocycles. The van der Waals surface area contributed by atoms with Crippen LogP contribution in [0.2, 0.25) is 0 Å². The summed E-state index contributed by atoms with van der Waals surface area (Å²) in [6, 6.07) is 7.64. The highest BCUT2D eigenvalue weighted by Gasteiger charge is 2.32. The van der Waals surface area contributed by atoms with Gasteiger partial charge in [-0.15, -0.1) is 5.10 Å². The first-order chi connectivity index (χ1) is 15.3. The Labute approximate surface area is 186 Å². The van der Waals surface area contributed by atoms with E-state index in [4.69, 9.17) is 4.42 Å². The van der Waals surface area contributed by atoms with Crippen LogP contribution in [0.1, 0.15) is 48.7 Å². The zero-order valence-corrected chi connectivity index (χ0v) is 19.1. The Morgan fingerprint density at radius 2 is 1.97 bits per heavy atom. The van der Waals surface area contributed by atoms with Crippen molar-refractivity contribution in [2.24, 2.45) is 7.05 Å². The van der Waals surface area contributed by atoms with E-state index in [1.54, 1.807) is 22.1 Å². The number of carbonyl (C=O) groups excluding carboxylic acids is 1. The summed E-state index contributed by atoms with van der Waals surface area (Å²) in [5.41, 5.74) is 1.72. The van der Waals surface area contributed by atoms with E-state index < -0.39 is 15.9 Å². The number of anilines is 1. The molecule has 0 bridgehead atoms. The van der Waals surface area contributed by atoms with Crippen LogP contribution in [0, 0.1) is 6.92 Å². The molecule has 3 heterocycles. The molecule has 1 aromatic carbocycles. The van der Waals surface area contributed by atoms with Crippen molar-refractivity contribution in [1.82, 2.24) is 24.3 Å². The molecule has 0 radical (unpaired) electrons. The van der Waals surface area contributed by atoms with Crippen molar-refractivity contribution in [1.29, 1.82) is 0 Å². The van der Waals surface area contributed by atoms with Gasteiger partial charge in [0.15, 0.2) is 0 Å². The van der Waals surface area contributed by atoms with Gasteiger partial charge in [0.1, 0.15) is 5.69 Å². The Kier molecular flexibility index (Phi) is 6.11. The van der Waals surface area contributed by atoms with Gasteiger partial charge in [-0.05, 0) is 56.5 Å². The average molecular weight is 459 g/mol. The molecule has 0 spiro atoms. The molecule has 32 heavy (non-hydrogen) atoms. The number of aryl methyl sites for hydroxylation is 2.